The Hall–Kier alpha value is -2.25. The Bertz CT molecular complexity index is 991. The number of nitrogens with zero attached hydrogens (tertiary/aromatic N) is 3. The van der Waals surface area contributed by atoms with Crippen molar-refractivity contribution in [2.24, 2.45) is 0 Å². The first-order chi connectivity index (χ1) is 12.5. The lowest BCUT2D eigenvalue weighted by molar-refractivity contribution is 0.0657. The zero-order chi connectivity index (χ0) is 18.4. The number of aromatic nitrogens is 2. The van der Waals surface area contributed by atoms with E-state index < -0.39 is 0 Å². The van der Waals surface area contributed by atoms with Crippen LogP contribution in [0.15, 0.2) is 16.7 Å². The lowest BCUT2D eigenvalue weighted by Crippen LogP contribution is -2.52. The molecule has 1 fully saturated rings. The van der Waals surface area contributed by atoms with Gasteiger partial charge in [-0.25, -0.2) is 4.98 Å². The molecule has 1 aliphatic rings. The molecule has 3 aromatic rings. The lowest BCUT2D eigenvalue weighted by atomic mass is 10.0. The van der Waals surface area contributed by atoms with Gasteiger partial charge in [0, 0.05) is 41.0 Å². The average molecular weight is 370 g/mol. The molecule has 7 heteroatoms. The lowest BCUT2D eigenvalue weighted by Gasteiger charge is -2.34. The van der Waals surface area contributed by atoms with Gasteiger partial charge in [0.2, 0.25) is 0 Å². The number of hydrogen-bond donors (Lipinski definition) is 1. The van der Waals surface area contributed by atoms with Gasteiger partial charge in [0.15, 0.2) is 0 Å². The number of pyridine rings is 1. The Kier molecular flexibility index (Phi) is 4.28. The Labute approximate surface area is 156 Å². The third-order valence-corrected chi connectivity index (χ3v) is 5.89. The summed E-state index contributed by atoms with van der Waals surface area (Å²) in [5.74, 6) is 0.0172. The summed E-state index contributed by atoms with van der Waals surface area (Å²) >= 11 is 1.73. The van der Waals surface area contributed by atoms with Gasteiger partial charge >= 0.3 is 0 Å². The first kappa shape index (κ1) is 17.2. The summed E-state index contributed by atoms with van der Waals surface area (Å²) < 4.78 is 5.42. The fourth-order valence-electron chi connectivity index (χ4n) is 3.58. The van der Waals surface area contributed by atoms with Crippen LogP contribution in [0, 0.1) is 20.8 Å². The molecule has 0 aromatic carbocycles. The van der Waals surface area contributed by atoms with Crippen molar-refractivity contribution in [3.8, 4) is 11.3 Å². The van der Waals surface area contributed by atoms with E-state index in [1.165, 1.54) is 9.75 Å². The molecule has 4 rings (SSSR count). The van der Waals surface area contributed by atoms with Crippen LogP contribution in [0.4, 0.5) is 0 Å². The van der Waals surface area contributed by atoms with E-state index in [4.69, 9.17) is 4.52 Å². The molecule has 0 bridgehead atoms. The fraction of sp³-hybridized carbons (Fsp3) is 0.421. The SMILES string of the molecule is Cc1cc(-c2cc(C(=O)N3CCNC[C@H]3C)c3c(C)noc3n2)c(C)s1. The van der Waals surface area contributed by atoms with Crippen molar-refractivity contribution in [2.75, 3.05) is 19.6 Å². The quantitative estimate of drug-likeness (QED) is 0.749. The first-order valence-electron chi connectivity index (χ1n) is 8.82. The minimum atomic E-state index is 0.0172. The highest BCUT2D eigenvalue weighted by atomic mass is 32.1. The van der Waals surface area contributed by atoms with Crippen molar-refractivity contribution in [1.29, 1.82) is 0 Å². The van der Waals surface area contributed by atoms with Crippen molar-refractivity contribution in [3.63, 3.8) is 0 Å². The normalized spacial score (nSPS) is 17.8. The number of thiophene rings is 1. The molecule has 3 aromatic heterocycles. The van der Waals surface area contributed by atoms with Crippen LogP contribution in [0.25, 0.3) is 22.4 Å². The maximum Gasteiger partial charge on any atom is 0.259 e. The van der Waals surface area contributed by atoms with Gasteiger partial charge in [0.05, 0.1) is 22.3 Å². The first-order valence-corrected chi connectivity index (χ1v) is 9.63. The zero-order valence-electron chi connectivity index (χ0n) is 15.4. The molecule has 1 N–H and O–H groups in total. The maximum absolute atomic E-state index is 13.4. The zero-order valence-corrected chi connectivity index (χ0v) is 16.2. The molecule has 1 saturated heterocycles. The van der Waals surface area contributed by atoms with Crippen molar-refractivity contribution >= 4 is 28.3 Å². The van der Waals surface area contributed by atoms with E-state index in [2.05, 4.69) is 42.3 Å². The molecule has 6 nitrogen and oxygen atoms in total. The minimum Gasteiger partial charge on any atom is -0.335 e. The number of hydrogen-bond acceptors (Lipinski definition) is 6. The number of aryl methyl sites for hydroxylation is 3. The largest absolute Gasteiger partial charge is 0.335 e. The Morgan fingerprint density at radius 1 is 1.35 bits per heavy atom. The average Bonchev–Trinajstić information content (AvgIpc) is 3.16. The van der Waals surface area contributed by atoms with Gasteiger partial charge in [-0.2, -0.15) is 0 Å². The molecule has 0 spiro atoms. The van der Waals surface area contributed by atoms with Crippen LogP contribution in [0.2, 0.25) is 0 Å². The van der Waals surface area contributed by atoms with Gasteiger partial charge in [0.1, 0.15) is 0 Å². The molecule has 1 aliphatic heterocycles. The van der Waals surface area contributed by atoms with Crippen LogP contribution < -0.4 is 5.32 Å². The predicted molar refractivity (Wildman–Crippen MR) is 103 cm³/mol. The second-order valence-corrected chi connectivity index (χ2v) is 8.34. The number of carbonyl (C=O) groups is 1. The molecule has 4 heterocycles. The summed E-state index contributed by atoms with van der Waals surface area (Å²) in [6.45, 7) is 10.4. The molecule has 0 unspecified atom stereocenters. The van der Waals surface area contributed by atoms with Crippen molar-refractivity contribution in [3.05, 3.63) is 33.1 Å². The smallest absolute Gasteiger partial charge is 0.259 e. The number of nitrogens with one attached hydrogen (secondary N) is 1. The molecule has 1 amide bonds. The molecule has 0 saturated carbocycles. The predicted octanol–water partition coefficient (Wildman–Crippen LogP) is 3.31. The number of carbonyl (C=O) groups excluding carboxylic acids is 1. The summed E-state index contributed by atoms with van der Waals surface area (Å²) in [6.07, 6.45) is 0. The molecule has 1 atom stereocenters. The summed E-state index contributed by atoms with van der Waals surface area (Å²) in [5, 5.41) is 8.09. The van der Waals surface area contributed by atoms with E-state index in [1.807, 2.05) is 17.9 Å². The second kappa shape index (κ2) is 6.48. The second-order valence-electron chi connectivity index (χ2n) is 6.88. The molecule has 26 heavy (non-hydrogen) atoms. The van der Waals surface area contributed by atoms with Crippen molar-refractivity contribution in [1.82, 2.24) is 20.4 Å². The third-order valence-electron chi connectivity index (χ3n) is 4.93. The van der Waals surface area contributed by atoms with Crippen LogP contribution in [0.3, 0.4) is 0 Å². The van der Waals surface area contributed by atoms with Crippen LogP contribution in [-0.4, -0.2) is 46.6 Å². The Balaban J connectivity index is 1.88. The van der Waals surface area contributed by atoms with Crippen LogP contribution in [0.1, 0.15) is 32.7 Å². The van der Waals surface area contributed by atoms with E-state index >= 15 is 0 Å². The third kappa shape index (κ3) is 2.81. The number of amides is 1. The summed E-state index contributed by atoms with van der Waals surface area (Å²) in [5.41, 5.74) is 3.56. The van der Waals surface area contributed by atoms with Crippen LogP contribution >= 0.6 is 11.3 Å². The highest BCUT2D eigenvalue weighted by Crippen LogP contribution is 2.33. The topological polar surface area (TPSA) is 71.3 Å². The molecule has 136 valence electrons. The van der Waals surface area contributed by atoms with Gasteiger partial charge in [0.25, 0.3) is 11.6 Å². The van der Waals surface area contributed by atoms with Gasteiger partial charge in [-0.15, -0.1) is 11.3 Å². The molecular weight excluding hydrogens is 348 g/mol. The summed E-state index contributed by atoms with van der Waals surface area (Å²) in [7, 11) is 0. The van der Waals surface area contributed by atoms with Gasteiger partial charge in [-0.1, -0.05) is 5.16 Å². The van der Waals surface area contributed by atoms with E-state index in [1.54, 1.807) is 11.3 Å². The van der Waals surface area contributed by atoms with Crippen molar-refractivity contribution in [2.45, 2.75) is 33.7 Å². The van der Waals surface area contributed by atoms with Gasteiger partial charge in [-0.3, -0.25) is 4.79 Å². The highest BCUT2D eigenvalue weighted by molar-refractivity contribution is 7.12. The maximum atomic E-state index is 13.4. The fourth-order valence-corrected chi connectivity index (χ4v) is 4.52. The molecular formula is C19H22N4O2S. The molecule has 0 radical (unpaired) electrons. The summed E-state index contributed by atoms with van der Waals surface area (Å²) in [6, 6.07) is 4.16. The van der Waals surface area contributed by atoms with E-state index in [9.17, 15) is 4.79 Å². The van der Waals surface area contributed by atoms with Gasteiger partial charge < -0.3 is 14.7 Å². The van der Waals surface area contributed by atoms with E-state index in [0.717, 1.165) is 24.3 Å². The molecule has 0 aliphatic carbocycles. The number of fused-ring (bicyclic) bond motifs is 1. The monoisotopic (exact) mass is 370 g/mol. The Morgan fingerprint density at radius 3 is 2.85 bits per heavy atom. The highest BCUT2D eigenvalue weighted by Gasteiger charge is 2.28. The summed E-state index contributed by atoms with van der Waals surface area (Å²) in [4.78, 5) is 22.3. The van der Waals surface area contributed by atoms with Gasteiger partial charge in [-0.05, 0) is 39.8 Å². The number of rotatable bonds is 2. The van der Waals surface area contributed by atoms with Crippen LogP contribution in [-0.2, 0) is 0 Å². The van der Waals surface area contributed by atoms with E-state index in [0.29, 0.717) is 28.9 Å². The number of piperazine rings is 1. The van der Waals surface area contributed by atoms with Crippen molar-refractivity contribution < 1.29 is 9.32 Å². The van der Waals surface area contributed by atoms with E-state index in [-0.39, 0.29) is 11.9 Å². The standard InChI is InChI=1S/C19H22N4O2S/c1-10-9-20-5-6-23(10)19(24)15-8-16(14-7-11(2)26-13(14)4)21-18-17(15)12(3)22-25-18/h7-8,10,20H,5-6,9H2,1-4H3/t10-/m1/s1. The van der Waals surface area contributed by atoms with Crippen LogP contribution in [0.5, 0.6) is 0 Å². The minimum absolute atomic E-state index is 0.0172. The Morgan fingerprint density at radius 2 is 2.15 bits per heavy atom.